The van der Waals surface area contributed by atoms with Gasteiger partial charge in [-0.3, -0.25) is 9.59 Å². The number of ether oxygens (including phenoxy) is 2. The Morgan fingerprint density at radius 3 is 2.57 bits per heavy atom. The molecular formula is C24H22N2O4. The summed E-state index contributed by atoms with van der Waals surface area (Å²) in [4.78, 5) is 30.1. The van der Waals surface area contributed by atoms with Crippen molar-refractivity contribution in [3.63, 3.8) is 0 Å². The lowest BCUT2D eigenvalue weighted by atomic mass is 10.1. The molecule has 0 unspecified atom stereocenters. The number of rotatable bonds is 6. The number of nitrogens with zero attached hydrogens (tertiary/aromatic N) is 1. The van der Waals surface area contributed by atoms with Gasteiger partial charge in [-0.05, 0) is 48.0 Å². The number of carbonyl (C=O) groups excluding carboxylic acids is 1. The quantitative estimate of drug-likeness (QED) is 0.499. The average molecular weight is 402 g/mol. The first-order valence-corrected chi connectivity index (χ1v) is 9.59. The fourth-order valence-corrected chi connectivity index (χ4v) is 3.38. The highest BCUT2D eigenvalue weighted by Crippen LogP contribution is 2.20. The van der Waals surface area contributed by atoms with Crippen molar-refractivity contribution in [2.75, 3.05) is 20.8 Å². The van der Waals surface area contributed by atoms with Crippen molar-refractivity contribution >= 4 is 27.7 Å². The number of methoxy groups -OCH3 is 1. The largest absolute Gasteiger partial charge is 0.497 e. The number of aromatic amines is 1. The first kappa shape index (κ1) is 19.5. The lowest BCUT2D eigenvalue weighted by molar-refractivity contribution is -0.132. The van der Waals surface area contributed by atoms with Crippen LogP contribution in [0.3, 0.4) is 0 Å². The molecule has 0 bridgehead atoms. The molecule has 1 aromatic heterocycles. The Balaban J connectivity index is 1.47. The van der Waals surface area contributed by atoms with Gasteiger partial charge in [-0.25, -0.2) is 0 Å². The van der Waals surface area contributed by atoms with Gasteiger partial charge in [0.2, 0.25) is 0 Å². The molecule has 0 fully saturated rings. The monoisotopic (exact) mass is 402 g/mol. The van der Waals surface area contributed by atoms with E-state index in [-0.39, 0.29) is 17.9 Å². The van der Waals surface area contributed by atoms with Crippen molar-refractivity contribution in [3.05, 3.63) is 82.5 Å². The molecule has 4 aromatic rings. The van der Waals surface area contributed by atoms with Crippen LogP contribution in [0.1, 0.15) is 5.56 Å². The summed E-state index contributed by atoms with van der Waals surface area (Å²) in [6, 6.07) is 20.2. The standard InChI is InChI=1S/C24H22N2O4/c1-26(14-16-6-5-7-17(12-16)29-2)23(27)15-30-18-10-11-22-20(13-18)24(28)19-8-3-4-9-21(19)25-22/h3-13H,14-15H2,1-2H3,(H,25,28). The van der Waals surface area contributed by atoms with Crippen LogP contribution in [0.2, 0.25) is 0 Å². The van der Waals surface area contributed by atoms with Crippen LogP contribution < -0.4 is 14.9 Å². The molecule has 30 heavy (non-hydrogen) atoms. The number of fused-ring (bicyclic) bond motifs is 2. The molecule has 6 heteroatoms. The van der Waals surface area contributed by atoms with E-state index in [0.29, 0.717) is 23.1 Å². The van der Waals surface area contributed by atoms with Crippen molar-refractivity contribution in [1.29, 1.82) is 0 Å². The van der Waals surface area contributed by atoms with Gasteiger partial charge in [0.05, 0.1) is 12.6 Å². The fraction of sp³-hybridized carbons (Fsp3) is 0.167. The topological polar surface area (TPSA) is 71.6 Å². The molecule has 0 radical (unpaired) electrons. The van der Waals surface area contributed by atoms with Gasteiger partial charge >= 0.3 is 0 Å². The molecule has 6 nitrogen and oxygen atoms in total. The van der Waals surface area contributed by atoms with Gasteiger partial charge in [0.1, 0.15) is 11.5 Å². The van der Waals surface area contributed by atoms with E-state index in [2.05, 4.69) is 4.98 Å². The Labute approximate surface area is 173 Å². The summed E-state index contributed by atoms with van der Waals surface area (Å²) in [6.07, 6.45) is 0. The minimum Gasteiger partial charge on any atom is -0.497 e. The smallest absolute Gasteiger partial charge is 0.260 e. The Morgan fingerprint density at radius 1 is 0.933 bits per heavy atom. The van der Waals surface area contributed by atoms with Crippen LogP contribution >= 0.6 is 0 Å². The Bertz CT molecular complexity index is 1280. The van der Waals surface area contributed by atoms with E-state index >= 15 is 0 Å². The highest BCUT2D eigenvalue weighted by molar-refractivity contribution is 5.93. The van der Waals surface area contributed by atoms with Gasteiger partial charge in [-0.1, -0.05) is 24.3 Å². The van der Waals surface area contributed by atoms with Crippen LogP contribution in [-0.4, -0.2) is 36.6 Å². The van der Waals surface area contributed by atoms with E-state index in [1.165, 1.54) is 0 Å². The van der Waals surface area contributed by atoms with Crippen LogP contribution in [0.5, 0.6) is 11.5 Å². The number of aromatic nitrogens is 1. The normalized spacial score (nSPS) is 10.9. The SMILES string of the molecule is COc1cccc(CN(C)C(=O)COc2ccc3[nH]c4ccccc4c(=O)c3c2)c1. The molecule has 1 amide bonds. The van der Waals surface area contributed by atoms with Gasteiger partial charge in [-0.15, -0.1) is 0 Å². The summed E-state index contributed by atoms with van der Waals surface area (Å²) in [5.41, 5.74) is 2.42. The van der Waals surface area contributed by atoms with Crippen molar-refractivity contribution in [3.8, 4) is 11.5 Å². The Morgan fingerprint density at radius 2 is 1.73 bits per heavy atom. The Hall–Kier alpha value is -3.80. The van der Waals surface area contributed by atoms with Crippen molar-refractivity contribution in [2.45, 2.75) is 6.54 Å². The number of carbonyl (C=O) groups is 1. The van der Waals surface area contributed by atoms with Crippen LogP contribution in [0.25, 0.3) is 21.8 Å². The maximum absolute atomic E-state index is 12.8. The van der Waals surface area contributed by atoms with E-state index in [0.717, 1.165) is 22.3 Å². The zero-order valence-corrected chi connectivity index (χ0v) is 16.8. The molecule has 0 aliphatic heterocycles. The summed E-state index contributed by atoms with van der Waals surface area (Å²) < 4.78 is 10.9. The first-order chi connectivity index (χ1) is 14.5. The van der Waals surface area contributed by atoms with Crippen molar-refractivity contribution in [1.82, 2.24) is 9.88 Å². The van der Waals surface area contributed by atoms with Gasteiger partial charge in [-0.2, -0.15) is 0 Å². The second-order valence-corrected chi connectivity index (χ2v) is 7.10. The van der Waals surface area contributed by atoms with Crippen LogP contribution in [0.4, 0.5) is 0 Å². The minimum absolute atomic E-state index is 0.0636. The average Bonchev–Trinajstić information content (AvgIpc) is 2.78. The summed E-state index contributed by atoms with van der Waals surface area (Å²) in [5.74, 6) is 1.07. The summed E-state index contributed by atoms with van der Waals surface area (Å²) in [6.45, 7) is 0.334. The molecule has 0 aliphatic rings. The second kappa shape index (κ2) is 8.29. The number of pyridine rings is 1. The van der Waals surface area contributed by atoms with E-state index in [1.54, 1.807) is 43.3 Å². The molecule has 0 spiro atoms. The predicted octanol–water partition coefficient (Wildman–Crippen LogP) is 3.73. The molecule has 1 heterocycles. The number of nitrogens with one attached hydrogen (secondary N) is 1. The lowest BCUT2D eigenvalue weighted by Gasteiger charge is -2.18. The summed E-state index contributed by atoms with van der Waals surface area (Å²) in [7, 11) is 3.33. The van der Waals surface area contributed by atoms with E-state index in [1.807, 2.05) is 42.5 Å². The second-order valence-electron chi connectivity index (χ2n) is 7.10. The third-order valence-electron chi connectivity index (χ3n) is 5.02. The number of H-pyrrole nitrogens is 1. The number of hydrogen-bond acceptors (Lipinski definition) is 4. The fourth-order valence-electron chi connectivity index (χ4n) is 3.38. The van der Waals surface area contributed by atoms with Crippen LogP contribution in [-0.2, 0) is 11.3 Å². The predicted molar refractivity (Wildman–Crippen MR) is 117 cm³/mol. The van der Waals surface area contributed by atoms with E-state index in [9.17, 15) is 9.59 Å². The maximum atomic E-state index is 12.8. The summed E-state index contributed by atoms with van der Waals surface area (Å²) in [5, 5.41) is 1.15. The van der Waals surface area contributed by atoms with E-state index in [4.69, 9.17) is 9.47 Å². The molecule has 0 aliphatic carbocycles. The zero-order chi connectivity index (χ0) is 21.1. The molecule has 1 N–H and O–H groups in total. The molecule has 152 valence electrons. The highest BCUT2D eigenvalue weighted by Gasteiger charge is 2.12. The van der Waals surface area contributed by atoms with Gasteiger partial charge < -0.3 is 19.4 Å². The van der Waals surface area contributed by atoms with Gasteiger partial charge in [0.25, 0.3) is 5.91 Å². The first-order valence-electron chi connectivity index (χ1n) is 9.59. The third kappa shape index (κ3) is 3.98. The van der Waals surface area contributed by atoms with Gasteiger partial charge in [0, 0.05) is 29.9 Å². The number of benzene rings is 3. The molecule has 4 rings (SSSR count). The lowest BCUT2D eigenvalue weighted by Crippen LogP contribution is -2.30. The number of amides is 1. The zero-order valence-electron chi connectivity index (χ0n) is 16.8. The van der Waals surface area contributed by atoms with E-state index < -0.39 is 0 Å². The van der Waals surface area contributed by atoms with Crippen molar-refractivity contribution < 1.29 is 14.3 Å². The van der Waals surface area contributed by atoms with Crippen LogP contribution in [0.15, 0.2) is 71.5 Å². The maximum Gasteiger partial charge on any atom is 0.260 e. The van der Waals surface area contributed by atoms with Crippen LogP contribution in [0, 0.1) is 0 Å². The van der Waals surface area contributed by atoms with Crippen molar-refractivity contribution in [2.24, 2.45) is 0 Å². The number of para-hydroxylation sites is 1. The molecule has 0 saturated carbocycles. The molecule has 0 atom stereocenters. The third-order valence-corrected chi connectivity index (χ3v) is 5.02. The molecule has 3 aromatic carbocycles. The van der Waals surface area contributed by atoms with Gasteiger partial charge in [0.15, 0.2) is 12.0 Å². The summed E-state index contributed by atoms with van der Waals surface area (Å²) >= 11 is 0. The number of hydrogen-bond donors (Lipinski definition) is 1. The Kier molecular flexibility index (Phi) is 5.39. The molecule has 0 saturated heterocycles. The molecular weight excluding hydrogens is 380 g/mol. The highest BCUT2D eigenvalue weighted by atomic mass is 16.5. The minimum atomic E-state index is -0.162. The number of likely N-dealkylation sites (N-methyl/N-ethyl adjacent to an activating group) is 1.